The third-order valence-corrected chi connectivity index (χ3v) is 6.27. The van der Waals surface area contributed by atoms with Gasteiger partial charge < -0.3 is 14.8 Å². The standard InChI is InChI=1S/C29H26N2O5/c32-27-24(23(30-27)17-16-20-10-4-1-5-11-20)31-28(33)25(35-18-21-12-6-2-7-13-21)26(29(31)34)36-19-22-14-8-3-9-15-22/h1-17,23-26H,18-19H2,(H,30,32)/b17-16+. The van der Waals surface area contributed by atoms with Crippen molar-refractivity contribution in [2.24, 2.45) is 0 Å². The Kier molecular flexibility index (Phi) is 7.02. The molecule has 182 valence electrons. The molecule has 2 heterocycles. The summed E-state index contributed by atoms with van der Waals surface area (Å²) in [5.41, 5.74) is 2.68. The summed E-state index contributed by atoms with van der Waals surface area (Å²) in [7, 11) is 0. The average molecular weight is 483 g/mol. The van der Waals surface area contributed by atoms with Gasteiger partial charge >= 0.3 is 0 Å². The van der Waals surface area contributed by atoms with Crippen LogP contribution in [0.4, 0.5) is 0 Å². The number of amides is 3. The predicted octanol–water partition coefficient (Wildman–Crippen LogP) is 3.11. The summed E-state index contributed by atoms with van der Waals surface area (Å²) in [5.74, 6) is -1.51. The van der Waals surface area contributed by atoms with Crippen LogP contribution in [0.5, 0.6) is 0 Å². The Bertz CT molecular complexity index is 1180. The van der Waals surface area contributed by atoms with Gasteiger partial charge in [-0.25, -0.2) is 0 Å². The zero-order valence-electron chi connectivity index (χ0n) is 19.5. The maximum Gasteiger partial charge on any atom is 0.262 e. The van der Waals surface area contributed by atoms with Crippen molar-refractivity contribution in [3.8, 4) is 0 Å². The fraction of sp³-hybridized carbons (Fsp3) is 0.207. The van der Waals surface area contributed by atoms with Gasteiger partial charge in [-0.3, -0.25) is 19.3 Å². The molecule has 0 spiro atoms. The molecule has 2 aliphatic rings. The fourth-order valence-corrected chi connectivity index (χ4v) is 4.36. The van der Waals surface area contributed by atoms with Gasteiger partial charge in [-0.2, -0.15) is 0 Å². The molecule has 7 heteroatoms. The molecule has 4 unspecified atom stereocenters. The third kappa shape index (κ3) is 4.98. The van der Waals surface area contributed by atoms with Crippen LogP contribution in [-0.4, -0.2) is 46.9 Å². The number of hydrogen-bond donors (Lipinski definition) is 1. The second-order valence-corrected chi connectivity index (χ2v) is 8.73. The number of ether oxygens (including phenoxy) is 2. The highest BCUT2D eigenvalue weighted by atomic mass is 16.6. The highest BCUT2D eigenvalue weighted by molar-refractivity contribution is 6.12. The van der Waals surface area contributed by atoms with Crippen LogP contribution in [0.1, 0.15) is 16.7 Å². The van der Waals surface area contributed by atoms with E-state index in [9.17, 15) is 14.4 Å². The predicted molar refractivity (Wildman–Crippen MR) is 133 cm³/mol. The minimum absolute atomic E-state index is 0.137. The van der Waals surface area contributed by atoms with E-state index >= 15 is 0 Å². The fourth-order valence-electron chi connectivity index (χ4n) is 4.36. The van der Waals surface area contributed by atoms with E-state index in [4.69, 9.17) is 9.47 Å². The number of imide groups is 1. The number of carbonyl (C=O) groups is 3. The third-order valence-electron chi connectivity index (χ3n) is 6.27. The largest absolute Gasteiger partial charge is 0.360 e. The van der Waals surface area contributed by atoms with Crippen LogP contribution in [0.2, 0.25) is 0 Å². The SMILES string of the molecule is O=C1NC(/C=C/c2ccccc2)C1N1C(=O)C(OCc2ccccc2)C(OCc2ccccc2)C1=O. The van der Waals surface area contributed by atoms with Crippen molar-refractivity contribution in [2.45, 2.75) is 37.5 Å². The lowest BCUT2D eigenvalue weighted by molar-refractivity contribution is -0.155. The van der Waals surface area contributed by atoms with Crippen LogP contribution >= 0.6 is 0 Å². The molecular weight excluding hydrogens is 456 g/mol. The highest BCUT2D eigenvalue weighted by Gasteiger charge is 2.57. The number of hydrogen-bond acceptors (Lipinski definition) is 5. The summed E-state index contributed by atoms with van der Waals surface area (Å²) in [5, 5.41) is 2.77. The normalized spacial score (nSPS) is 23.7. The second kappa shape index (κ2) is 10.7. The molecule has 3 aromatic rings. The van der Waals surface area contributed by atoms with Crippen molar-refractivity contribution in [3.63, 3.8) is 0 Å². The van der Waals surface area contributed by atoms with E-state index in [1.165, 1.54) is 0 Å². The van der Waals surface area contributed by atoms with Crippen LogP contribution < -0.4 is 5.32 Å². The van der Waals surface area contributed by atoms with E-state index in [2.05, 4.69) is 5.32 Å². The Morgan fingerprint density at radius 3 is 1.64 bits per heavy atom. The van der Waals surface area contributed by atoms with Gasteiger partial charge in [-0.1, -0.05) is 103 Å². The summed E-state index contributed by atoms with van der Waals surface area (Å²) in [4.78, 5) is 40.5. The smallest absolute Gasteiger partial charge is 0.262 e. The van der Waals surface area contributed by atoms with Crippen molar-refractivity contribution in [2.75, 3.05) is 0 Å². The number of rotatable bonds is 9. The minimum atomic E-state index is -1.14. The molecular formula is C29H26N2O5. The first-order valence-corrected chi connectivity index (χ1v) is 11.8. The van der Waals surface area contributed by atoms with E-state index in [0.717, 1.165) is 21.6 Å². The molecule has 2 aliphatic heterocycles. The van der Waals surface area contributed by atoms with Gasteiger partial charge in [-0.15, -0.1) is 0 Å². The first kappa shape index (κ1) is 23.7. The van der Waals surface area contributed by atoms with Crippen LogP contribution in [0.15, 0.2) is 97.1 Å². The van der Waals surface area contributed by atoms with E-state index < -0.39 is 36.1 Å². The Morgan fingerprint density at radius 1 is 0.694 bits per heavy atom. The first-order valence-electron chi connectivity index (χ1n) is 11.8. The van der Waals surface area contributed by atoms with E-state index in [-0.39, 0.29) is 19.1 Å². The Hall–Kier alpha value is -4.07. The van der Waals surface area contributed by atoms with E-state index in [1.54, 1.807) is 6.08 Å². The van der Waals surface area contributed by atoms with Crippen molar-refractivity contribution in [3.05, 3.63) is 114 Å². The van der Waals surface area contributed by atoms with E-state index in [1.807, 2.05) is 97.1 Å². The van der Waals surface area contributed by atoms with Crippen LogP contribution in [0.3, 0.4) is 0 Å². The number of nitrogens with one attached hydrogen (secondary N) is 1. The maximum atomic E-state index is 13.5. The molecule has 0 aliphatic carbocycles. The minimum Gasteiger partial charge on any atom is -0.360 e. The molecule has 1 N–H and O–H groups in total. The molecule has 0 aromatic heterocycles. The molecule has 2 fully saturated rings. The number of carbonyl (C=O) groups excluding carboxylic acids is 3. The summed E-state index contributed by atoms with van der Waals surface area (Å²) < 4.78 is 11.9. The second-order valence-electron chi connectivity index (χ2n) is 8.73. The number of benzene rings is 3. The topological polar surface area (TPSA) is 84.9 Å². The van der Waals surface area contributed by atoms with Crippen LogP contribution in [0.25, 0.3) is 6.08 Å². The van der Waals surface area contributed by atoms with Gasteiger partial charge in [0.25, 0.3) is 11.8 Å². The molecule has 0 saturated carbocycles. The zero-order chi connectivity index (χ0) is 24.9. The first-order chi connectivity index (χ1) is 17.6. The van der Waals surface area contributed by atoms with Gasteiger partial charge in [0.2, 0.25) is 5.91 Å². The lowest BCUT2D eigenvalue weighted by atomic mass is 9.96. The summed E-state index contributed by atoms with van der Waals surface area (Å²) in [6, 6.07) is 26.9. The number of β-lactam (4-membered cyclic amide) rings is 1. The van der Waals surface area contributed by atoms with Gasteiger partial charge in [0.1, 0.15) is 6.04 Å². The molecule has 3 aromatic carbocycles. The lowest BCUT2D eigenvalue weighted by Gasteiger charge is -2.39. The molecule has 0 radical (unpaired) electrons. The van der Waals surface area contributed by atoms with Crippen molar-refractivity contribution >= 4 is 23.8 Å². The molecule has 36 heavy (non-hydrogen) atoms. The van der Waals surface area contributed by atoms with Crippen LogP contribution in [-0.2, 0) is 37.1 Å². The van der Waals surface area contributed by atoms with Crippen molar-refractivity contribution < 1.29 is 23.9 Å². The van der Waals surface area contributed by atoms with E-state index in [0.29, 0.717) is 0 Å². The molecule has 3 amide bonds. The lowest BCUT2D eigenvalue weighted by Crippen LogP contribution is -2.69. The number of likely N-dealkylation sites (tertiary alicyclic amines) is 1. The Labute approximate surface area is 209 Å². The molecule has 0 bridgehead atoms. The summed E-state index contributed by atoms with van der Waals surface area (Å²) >= 11 is 0. The quantitative estimate of drug-likeness (QED) is 0.374. The van der Waals surface area contributed by atoms with Gasteiger partial charge in [0.15, 0.2) is 12.2 Å². The monoisotopic (exact) mass is 482 g/mol. The molecule has 4 atom stereocenters. The Morgan fingerprint density at radius 2 is 1.17 bits per heavy atom. The summed E-state index contributed by atoms with van der Waals surface area (Å²) in [6.45, 7) is 0.273. The summed E-state index contributed by atoms with van der Waals surface area (Å²) in [6.07, 6.45) is 1.36. The molecule has 7 nitrogen and oxygen atoms in total. The molecule has 2 saturated heterocycles. The van der Waals surface area contributed by atoms with Gasteiger partial charge in [0.05, 0.1) is 19.3 Å². The Balaban J connectivity index is 1.35. The van der Waals surface area contributed by atoms with Crippen molar-refractivity contribution in [1.82, 2.24) is 10.2 Å². The number of nitrogens with zero attached hydrogens (tertiary/aromatic N) is 1. The van der Waals surface area contributed by atoms with Gasteiger partial charge in [0, 0.05) is 0 Å². The molecule has 5 rings (SSSR count). The maximum absolute atomic E-state index is 13.5. The van der Waals surface area contributed by atoms with Crippen LogP contribution in [0, 0.1) is 0 Å². The van der Waals surface area contributed by atoms with Crippen molar-refractivity contribution in [1.29, 1.82) is 0 Å². The highest BCUT2D eigenvalue weighted by Crippen LogP contribution is 2.29. The average Bonchev–Trinajstić information content (AvgIpc) is 3.14. The zero-order valence-corrected chi connectivity index (χ0v) is 19.5. The van der Waals surface area contributed by atoms with Gasteiger partial charge in [-0.05, 0) is 16.7 Å².